The van der Waals surface area contributed by atoms with E-state index >= 15 is 0 Å². The van der Waals surface area contributed by atoms with Crippen molar-refractivity contribution in [2.75, 3.05) is 5.73 Å². The molecule has 6 heteroatoms. The Morgan fingerprint density at radius 3 is 2.75 bits per heavy atom. The van der Waals surface area contributed by atoms with Crippen LogP contribution in [0, 0.1) is 17.1 Å². The highest BCUT2D eigenvalue weighted by Crippen LogP contribution is 2.29. The largest absolute Gasteiger partial charge is 0.487 e. The van der Waals surface area contributed by atoms with Crippen LogP contribution in [0.4, 0.5) is 10.1 Å². The van der Waals surface area contributed by atoms with Crippen molar-refractivity contribution < 1.29 is 9.13 Å². The van der Waals surface area contributed by atoms with Gasteiger partial charge in [0, 0.05) is 16.7 Å². The third kappa shape index (κ3) is 3.21. The lowest BCUT2D eigenvalue weighted by atomic mass is 10.1. The molecule has 2 aromatic rings. The van der Waals surface area contributed by atoms with Crippen molar-refractivity contribution in [1.29, 1.82) is 5.26 Å². The first-order valence-corrected chi connectivity index (χ1v) is 6.74. The molecule has 0 bridgehead atoms. The van der Waals surface area contributed by atoms with Gasteiger partial charge in [0.15, 0.2) is 0 Å². The third-order valence-electron chi connectivity index (χ3n) is 2.62. The number of nitriles is 1. The minimum atomic E-state index is -0.458. The average molecular weight is 356 g/mol. The van der Waals surface area contributed by atoms with Gasteiger partial charge in [-0.2, -0.15) is 5.26 Å². The fourth-order valence-electron chi connectivity index (χ4n) is 1.56. The summed E-state index contributed by atoms with van der Waals surface area (Å²) in [6.07, 6.45) is 0. The summed E-state index contributed by atoms with van der Waals surface area (Å²) < 4.78 is 19.2. The van der Waals surface area contributed by atoms with Crippen LogP contribution in [0.1, 0.15) is 11.1 Å². The molecule has 0 aliphatic carbocycles. The van der Waals surface area contributed by atoms with Crippen LogP contribution in [0.15, 0.2) is 34.8 Å². The third-order valence-corrected chi connectivity index (χ3v) is 3.58. The molecule has 0 aliphatic rings. The van der Waals surface area contributed by atoms with Gasteiger partial charge in [0.2, 0.25) is 0 Å². The maximum Gasteiger partial charge on any atom is 0.145 e. The topological polar surface area (TPSA) is 59.0 Å². The standard InChI is InChI=1S/C14H9BrClFN2O/c15-10-4-13(19)14(5-12(10)17)20-7-9-2-1-8(6-18)3-11(9)16/h1-5H,7,19H2. The Kier molecular flexibility index (Phi) is 4.48. The first-order chi connectivity index (χ1) is 9.51. The molecule has 0 aliphatic heterocycles. The van der Waals surface area contributed by atoms with Crippen LogP contribution in [0.5, 0.6) is 5.75 Å². The van der Waals surface area contributed by atoms with Gasteiger partial charge in [-0.3, -0.25) is 0 Å². The molecule has 102 valence electrons. The number of nitrogens with two attached hydrogens (primary N) is 1. The highest BCUT2D eigenvalue weighted by Gasteiger charge is 2.09. The zero-order chi connectivity index (χ0) is 14.7. The van der Waals surface area contributed by atoms with Crippen LogP contribution in [-0.2, 0) is 6.61 Å². The number of hydrogen-bond acceptors (Lipinski definition) is 3. The molecule has 2 aromatic carbocycles. The number of rotatable bonds is 3. The van der Waals surface area contributed by atoms with Gasteiger partial charge in [0.25, 0.3) is 0 Å². The summed E-state index contributed by atoms with van der Waals surface area (Å²) in [5.74, 6) is -0.216. The summed E-state index contributed by atoms with van der Waals surface area (Å²) in [5.41, 5.74) is 7.22. The van der Waals surface area contributed by atoms with Crippen molar-refractivity contribution in [1.82, 2.24) is 0 Å². The fraction of sp³-hybridized carbons (Fsp3) is 0.0714. The van der Waals surface area contributed by atoms with Crippen LogP contribution in [-0.4, -0.2) is 0 Å². The van der Waals surface area contributed by atoms with Crippen molar-refractivity contribution in [3.05, 3.63) is 56.8 Å². The van der Waals surface area contributed by atoms with E-state index in [1.165, 1.54) is 12.1 Å². The molecule has 2 rings (SSSR count). The van der Waals surface area contributed by atoms with Crippen LogP contribution in [0.3, 0.4) is 0 Å². The Labute approximate surface area is 128 Å². The molecule has 3 nitrogen and oxygen atoms in total. The van der Waals surface area contributed by atoms with Crippen LogP contribution >= 0.6 is 27.5 Å². The quantitative estimate of drug-likeness (QED) is 0.836. The molecule has 0 fully saturated rings. The predicted molar refractivity (Wildman–Crippen MR) is 79.0 cm³/mol. The highest BCUT2D eigenvalue weighted by molar-refractivity contribution is 9.10. The molecule has 0 saturated heterocycles. The fourth-order valence-corrected chi connectivity index (χ4v) is 2.15. The Morgan fingerprint density at radius 1 is 1.35 bits per heavy atom. The first kappa shape index (κ1) is 14.6. The van der Waals surface area contributed by atoms with E-state index in [0.29, 0.717) is 21.8 Å². The van der Waals surface area contributed by atoms with Crippen molar-refractivity contribution in [2.24, 2.45) is 0 Å². The number of nitrogens with zero attached hydrogens (tertiary/aromatic N) is 1. The van der Waals surface area contributed by atoms with Gasteiger partial charge in [-0.25, -0.2) is 4.39 Å². The van der Waals surface area contributed by atoms with E-state index in [9.17, 15) is 4.39 Å². The Balaban J connectivity index is 2.17. The molecule has 0 atom stereocenters. The second-order valence-electron chi connectivity index (χ2n) is 4.01. The summed E-state index contributed by atoms with van der Waals surface area (Å²) in [4.78, 5) is 0. The second kappa shape index (κ2) is 6.12. The van der Waals surface area contributed by atoms with E-state index in [-0.39, 0.29) is 16.8 Å². The van der Waals surface area contributed by atoms with Gasteiger partial charge in [-0.1, -0.05) is 17.7 Å². The summed E-state index contributed by atoms with van der Waals surface area (Å²) in [6.45, 7) is 0.135. The minimum absolute atomic E-state index is 0.135. The lowest BCUT2D eigenvalue weighted by Crippen LogP contribution is -2.00. The van der Waals surface area contributed by atoms with Gasteiger partial charge in [-0.05, 0) is 34.1 Å². The van der Waals surface area contributed by atoms with E-state index in [4.69, 9.17) is 27.3 Å². The van der Waals surface area contributed by atoms with Crippen LogP contribution in [0.25, 0.3) is 0 Å². The van der Waals surface area contributed by atoms with Crippen molar-refractivity contribution in [3.8, 4) is 11.8 Å². The molecular formula is C14H9BrClFN2O. The number of halogens is 3. The number of nitrogen functional groups attached to an aromatic ring is 1. The predicted octanol–water partition coefficient (Wildman–Crippen LogP) is 4.27. The smallest absolute Gasteiger partial charge is 0.145 e. The Morgan fingerprint density at radius 2 is 2.10 bits per heavy atom. The van der Waals surface area contributed by atoms with Crippen molar-refractivity contribution >= 4 is 33.2 Å². The Bertz CT molecular complexity index is 700. The molecule has 0 heterocycles. The SMILES string of the molecule is N#Cc1ccc(COc2cc(F)c(Br)cc2N)c(Cl)c1. The van der Waals surface area contributed by atoms with E-state index in [1.807, 2.05) is 6.07 Å². The average Bonchev–Trinajstić information content (AvgIpc) is 2.42. The molecule has 0 spiro atoms. The minimum Gasteiger partial charge on any atom is -0.487 e. The van der Waals surface area contributed by atoms with Crippen LogP contribution < -0.4 is 10.5 Å². The number of ether oxygens (including phenoxy) is 1. The van der Waals surface area contributed by atoms with Gasteiger partial charge < -0.3 is 10.5 Å². The van der Waals surface area contributed by atoms with E-state index in [1.54, 1.807) is 18.2 Å². The zero-order valence-electron chi connectivity index (χ0n) is 10.2. The molecule has 0 amide bonds. The van der Waals surface area contributed by atoms with Gasteiger partial charge in [0.1, 0.15) is 18.2 Å². The molecule has 0 unspecified atom stereocenters. The van der Waals surface area contributed by atoms with Gasteiger partial charge in [0.05, 0.1) is 21.8 Å². The summed E-state index contributed by atoms with van der Waals surface area (Å²) in [5, 5.41) is 9.17. The molecule has 0 saturated carbocycles. The number of anilines is 1. The molecule has 20 heavy (non-hydrogen) atoms. The highest BCUT2D eigenvalue weighted by atomic mass is 79.9. The summed E-state index contributed by atoms with van der Waals surface area (Å²) in [6, 6.07) is 9.50. The maximum atomic E-state index is 13.4. The van der Waals surface area contributed by atoms with Gasteiger partial charge in [-0.15, -0.1) is 0 Å². The zero-order valence-corrected chi connectivity index (χ0v) is 12.5. The maximum absolute atomic E-state index is 13.4. The molecular weight excluding hydrogens is 347 g/mol. The summed E-state index contributed by atoms with van der Waals surface area (Å²) in [7, 11) is 0. The molecule has 0 radical (unpaired) electrons. The lowest BCUT2D eigenvalue weighted by molar-refractivity contribution is 0.306. The van der Waals surface area contributed by atoms with Crippen molar-refractivity contribution in [3.63, 3.8) is 0 Å². The molecule has 2 N–H and O–H groups in total. The van der Waals surface area contributed by atoms with E-state index in [0.717, 1.165) is 0 Å². The number of benzene rings is 2. The summed E-state index contributed by atoms with van der Waals surface area (Å²) >= 11 is 9.07. The number of hydrogen-bond donors (Lipinski definition) is 1. The normalized spacial score (nSPS) is 10.1. The van der Waals surface area contributed by atoms with Crippen LogP contribution in [0.2, 0.25) is 5.02 Å². The first-order valence-electron chi connectivity index (χ1n) is 5.57. The Hall–Kier alpha value is -1.77. The monoisotopic (exact) mass is 354 g/mol. The van der Waals surface area contributed by atoms with Gasteiger partial charge >= 0.3 is 0 Å². The van der Waals surface area contributed by atoms with Crippen molar-refractivity contribution in [2.45, 2.75) is 6.61 Å². The second-order valence-corrected chi connectivity index (χ2v) is 5.27. The van der Waals surface area contributed by atoms with E-state index < -0.39 is 5.82 Å². The van der Waals surface area contributed by atoms with E-state index in [2.05, 4.69) is 15.9 Å². The lowest BCUT2D eigenvalue weighted by Gasteiger charge is -2.11. The molecule has 0 aromatic heterocycles.